The number of hydrogen-bond donors (Lipinski definition) is 2. The molecule has 6 nitrogen and oxygen atoms in total. The summed E-state index contributed by atoms with van der Waals surface area (Å²) in [5, 5.41) is 5.74. The monoisotopic (exact) mass is 363 g/mol. The first-order valence-electron chi connectivity index (χ1n) is 7.26. The summed E-state index contributed by atoms with van der Waals surface area (Å²) in [4.78, 5) is 3.41. The van der Waals surface area contributed by atoms with E-state index in [1.54, 1.807) is 21.8 Å². The van der Waals surface area contributed by atoms with Crippen LogP contribution in [0.25, 0.3) is 0 Å². The molecule has 0 radical (unpaired) electrons. The molecular formula is C13H23N4O2S3+. The Kier molecular flexibility index (Phi) is 6.16. The topological polar surface area (TPSA) is 57.1 Å². The van der Waals surface area contributed by atoms with Crippen molar-refractivity contribution in [2.24, 2.45) is 0 Å². The maximum absolute atomic E-state index is 12.4. The van der Waals surface area contributed by atoms with E-state index in [1.165, 1.54) is 16.2 Å². The second-order valence-corrected chi connectivity index (χ2v) is 9.01. The molecule has 1 aliphatic rings. The summed E-state index contributed by atoms with van der Waals surface area (Å²) in [5.41, 5.74) is 0. The Balaban J connectivity index is 1.84. The van der Waals surface area contributed by atoms with E-state index in [0.29, 0.717) is 30.4 Å². The van der Waals surface area contributed by atoms with E-state index < -0.39 is 10.0 Å². The normalized spacial score (nSPS) is 17.0. The number of nitrogens with zero attached hydrogens (tertiary/aromatic N) is 2. The summed E-state index contributed by atoms with van der Waals surface area (Å²) in [5.74, 6) is 0. The number of quaternary nitrogens is 1. The fourth-order valence-electron chi connectivity index (χ4n) is 2.20. The summed E-state index contributed by atoms with van der Waals surface area (Å²) in [7, 11) is 0.854. The molecule has 1 saturated heterocycles. The van der Waals surface area contributed by atoms with Gasteiger partial charge in [0.1, 0.15) is 4.21 Å². The third-order valence-electron chi connectivity index (χ3n) is 3.52. The lowest BCUT2D eigenvalue weighted by Crippen LogP contribution is -3.06. The molecule has 1 fully saturated rings. The molecule has 22 heavy (non-hydrogen) atoms. The molecule has 0 amide bonds. The first-order valence-corrected chi connectivity index (χ1v) is 9.99. The quantitative estimate of drug-likeness (QED) is 0.663. The highest BCUT2D eigenvalue weighted by atomic mass is 32.2. The summed E-state index contributed by atoms with van der Waals surface area (Å²) in [6.07, 6.45) is 0. The van der Waals surface area contributed by atoms with Crippen LogP contribution in [0.1, 0.15) is 0 Å². The Morgan fingerprint density at radius 2 is 2.05 bits per heavy atom. The van der Waals surface area contributed by atoms with Crippen LogP contribution in [0.4, 0.5) is 0 Å². The largest absolute Gasteiger partial charge is 0.357 e. The van der Waals surface area contributed by atoms with Gasteiger partial charge >= 0.3 is 0 Å². The van der Waals surface area contributed by atoms with Crippen molar-refractivity contribution in [1.29, 1.82) is 0 Å². The van der Waals surface area contributed by atoms with Crippen LogP contribution in [-0.4, -0.2) is 76.1 Å². The number of hydrogen-bond acceptors (Lipinski definition) is 4. The van der Waals surface area contributed by atoms with Crippen molar-refractivity contribution in [3.8, 4) is 0 Å². The summed E-state index contributed by atoms with van der Waals surface area (Å²) in [6, 6.07) is 3.42. The number of piperazine rings is 1. The highest BCUT2D eigenvalue weighted by Crippen LogP contribution is 2.21. The van der Waals surface area contributed by atoms with E-state index in [-0.39, 0.29) is 0 Å². The molecule has 2 rings (SSSR count). The average Bonchev–Trinajstić information content (AvgIpc) is 3.02. The van der Waals surface area contributed by atoms with E-state index in [0.717, 1.165) is 18.2 Å². The van der Waals surface area contributed by atoms with Crippen LogP contribution in [0.5, 0.6) is 0 Å². The molecule has 0 unspecified atom stereocenters. The minimum atomic E-state index is -3.34. The number of sulfonamides is 1. The van der Waals surface area contributed by atoms with E-state index in [4.69, 9.17) is 12.2 Å². The fraction of sp³-hybridized carbons (Fsp3) is 0.615. The maximum atomic E-state index is 12.4. The maximum Gasteiger partial charge on any atom is 0.252 e. The van der Waals surface area contributed by atoms with Crippen molar-refractivity contribution in [2.75, 3.05) is 53.4 Å². The third-order valence-corrected chi connectivity index (χ3v) is 7.19. The number of thiocarbonyl (C=S) groups is 1. The van der Waals surface area contributed by atoms with Gasteiger partial charge in [0, 0.05) is 26.2 Å². The summed E-state index contributed by atoms with van der Waals surface area (Å²) < 4.78 is 26.8. The van der Waals surface area contributed by atoms with Gasteiger partial charge in [0.2, 0.25) is 0 Å². The van der Waals surface area contributed by atoms with Crippen molar-refractivity contribution in [3.63, 3.8) is 0 Å². The predicted molar refractivity (Wildman–Crippen MR) is 92.9 cm³/mol. The second kappa shape index (κ2) is 7.69. The Morgan fingerprint density at radius 1 is 1.36 bits per heavy atom. The Morgan fingerprint density at radius 3 is 2.59 bits per heavy atom. The number of likely N-dealkylation sites (N-methyl/N-ethyl adjacent to an activating group) is 1. The molecule has 9 heteroatoms. The number of rotatable bonds is 5. The van der Waals surface area contributed by atoms with Crippen molar-refractivity contribution in [3.05, 3.63) is 17.5 Å². The van der Waals surface area contributed by atoms with E-state index >= 15 is 0 Å². The van der Waals surface area contributed by atoms with Gasteiger partial charge in [-0.15, -0.1) is 11.3 Å². The summed E-state index contributed by atoms with van der Waals surface area (Å²) >= 11 is 6.64. The van der Waals surface area contributed by atoms with E-state index in [2.05, 4.69) is 19.4 Å². The smallest absolute Gasteiger partial charge is 0.252 e. The SMILES string of the molecule is C[NH+](C)CCNC(=S)N1CCN(S(=O)(=O)c2cccs2)CC1. The lowest BCUT2D eigenvalue weighted by atomic mass is 10.4. The molecule has 0 atom stereocenters. The first kappa shape index (κ1) is 17.6. The van der Waals surface area contributed by atoms with Crippen LogP contribution in [0, 0.1) is 0 Å². The molecule has 124 valence electrons. The van der Waals surface area contributed by atoms with Gasteiger partial charge in [0.05, 0.1) is 27.2 Å². The molecule has 1 aliphatic heterocycles. The molecule has 0 saturated carbocycles. The van der Waals surface area contributed by atoms with Crippen LogP contribution in [-0.2, 0) is 10.0 Å². The fourth-order valence-corrected chi connectivity index (χ4v) is 5.05. The second-order valence-electron chi connectivity index (χ2n) is 5.51. The zero-order chi connectivity index (χ0) is 16.2. The van der Waals surface area contributed by atoms with Gasteiger partial charge in [-0.2, -0.15) is 4.31 Å². The van der Waals surface area contributed by atoms with Gasteiger partial charge in [-0.3, -0.25) is 0 Å². The van der Waals surface area contributed by atoms with Crippen LogP contribution in [0.3, 0.4) is 0 Å². The average molecular weight is 364 g/mol. The van der Waals surface area contributed by atoms with Crippen LogP contribution in [0.15, 0.2) is 21.7 Å². The molecule has 2 heterocycles. The lowest BCUT2D eigenvalue weighted by Gasteiger charge is -2.35. The minimum absolute atomic E-state index is 0.413. The molecule has 1 aromatic rings. The van der Waals surface area contributed by atoms with Gasteiger partial charge < -0.3 is 15.1 Å². The standard InChI is InChI=1S/C13H22N4O2S3/c1-15(2)6-5-14-13(20)16-7-9-17(10-8-16)22(18,19)12-4-3-11-21-12/h3-4,11H,5-10H2,1-2H3,(H,14,20)/p+1. The van der Waals surface area contributed by atoms with Crippen molar-refractivity contribution < 1.29 is 13.3 Å². The lowest BCUT2D eigenvalue weighted by molar-refractivity contribution is -0.856. The van der Waals surface area contributed by atoms with Crippen molar-refractivity contribution >= 4 is 38.7 Å². The molecule has 0 aliphatic carbocycles. The molecule has 0 bridgehead atoms. The Hall–Kier alpha value is -0.740. The highest BCUT2D eigenvalue weighted by Gasteiger charge is 2.29. The van der Waals surface area contributed by atoms with Crippen LogP contribution < -0.4 is 10.2 Å². The zero-order valence-electron chi connectivity index (χ0n) is 12.9. The molecule has 0 spiro atoms. The summed E-state index contributed by atoms with van der Waals surface area (Å²) in [6.45, 7) is 4.03. The Labute approximate surface area is 141 Å². The first-order chi connectivity index (χ1) is 10.4. The minimum Gasteiger partial charge on any atom is -0.357 e. The van der Waals surface area contributed by atoms with Gasteiger partial charge in [-0.05, 0) is 23.7 Å². The zero-order valence-corrected chi connectivity index (χ0v) is 15.4. The predicted octanol–water partition coefficient (Wildman–Crippen LogP) is -0.927. The molecule has 1 aromatic heterocycles. The number of thiophene rings is 1. The van der Waals surface area contributed by atoms with Gasteiger partial charge in [0.25, 0.3) is 10.0 Å². The van der Waals surface area contributed by atoms with Crippen molar-refractivity contribution in [2.45, 2.75) is 4.21 Å². The molecule has 0 aromatic carbocycles. The molecular weight excluding hydrogens is 340 g/mol. The highest BCUT2D eigenvalue weighted by molar-refractivity contribution is 7.91. The van der Waals surface area contributed by atoms with Gasteiger partial charge in [-0.25, -0.2) is 8.42 Å². The Bertz CT molecular complexity index is 578. The van der Waals surface area contributed by atoms with Gasteiger partial charge in [-0.1, -0.05) is 6.07 Å². The van der Waals surface area contributed by atoms with E-state index in [1.807, 2.05) is 4.90 Å². The van der Waals surface area contributed by atoms with Crippen molar-refractivity contribution in [1.82, 2.24) is 14.5 Å². The molecule has 2 N–H and O–H groups in total. The van der Waals surface area contributed by atoms with Crippen LogP contribution in [0.2, 0.25) is 0 Å². The van der Waals surface area contributed by atoms with E-state index in [9.17, 15) is 8.42 Å². The number of nitrogens with one attached hydrogen (secondary N) is 2. The van der Waals surface area contributed by atoms with Crippen LogP contribution >= 0.6 is 23.6 Å². The van der Waals surface area contributed by atoms with Gasteiger partial charge in [0.15, 0.2) is 5.11 Å². The third kappa shape index (κ3) is 4.39.